The molecule has 0 atom stereocenters. The summed E-state index contributed by atoms with van der Waals surface area (Å²) in [6.45, 7) is 10.8. The van der Waals surface area contributed by atoms with E-state index in [9.17, 15) is 0 Å². The first-order chi connectivity index (χ1) is 8.86. The number of nitrogens with one attached hydrogen (secondary N) is 2. The van der Waals surface area contributed by atoms with Gasteiger partial charge in [-0.1, -0.05) is 12.8 Å². The summed E-state index contributed by atoms with van der Waals surface area (Å²) in [4.78, 5) is 7.18. The fourth-order valence-electron chi connectivity index (χ4n) is 2.35. The maximum Gasteiger partial charge on any atom is 0.191 e. The maximum absolute atomic E-state index is 4.58. The zero-order chi connectivity index (χ0) is 13.1. The van der Waals surface area contributed by atoms with E-state index in [0.717, 1.165) is 25.6 Å². The Balaban J connectivity index is 2.16. The highest BCUT2D eigenvalue weighted by Gasteiger charge is 2.07. The lowest BCUT2D eigenvalue weighted by Crippen LogP contribution is -2.37. The molecule has 4 heteroatoms. The molecule has 106 valence electrons. The molecule has 0 saturated carbocycles. The molecule has 0 radical (unpaired) electrons. The molecule has 2 N–H and O–H groups in total. The van der Waals surface area contributed by atoms with Crippen LogP contribution in [0.5, 0.6) is 0 Å². The Hall–Kier alpha value is -0.770. The number of hydrogen-bond acceptors (Lipinski definition) is 2. The Bertz CT molecular complexity index is 212. The second-order valence-corrected chi connectivity index (χ2v) is 4.90. The SMILES string of the molecule is CCNC(=NCCCN1CCCCCC1)NCC. The molecule has 0 bridgehead atoms. The molecule has 0 aromatic carbocycles. The number of rotatable bonds is 6. The van der Waals surface area contributed by atoms with E-state index in [1.54, 1.807) is 0 Å². The van der Waals surface area contributed by atoms with E-state index in [4.69, 9.17) is 0 Å². The van der Waals surface area contributed by atoms with Crippen LogP contribution < -0.4 is 10.6 Å². The van der Waals surface area contributed by atoms with Crippen LogP contribution in [0.3, 0.4) is 0 Å². The fraction of sp³-hybridized carbons (Fsp3) is 0.929. The molecule has 4 nitrogen and oxygen atoms in total. The van der Waals surface area contributed by atoms with Gasteiger partial charge in [0.1, 0.15) is 0 Å². The van der Waals surface area contributed by atoms with Gasteiger partial charge in [0.25, 0.3) is 0 Å². The summed E-state index contributed by atoms with van der Waals surface area (Å²) in [5, 5.41) is 6.51. The Morgan fingerprint density at radius 3 is 2.17 bits per heavy atom. The normalized spacial score (nSPS) is 17.0. The predicted molar refractivity (Wildman–Crippen MR) is 79.2 cm³/mol. The summed E-state index contributed by atoms with van der Waals surface area (Å²) in [5.74, 6) is 0.955. The highest BCUT2D eigenvalue weighted by Crippen LogP contribution is 2.09. The van der Waals surface area contributed by atoms with Crippen molar-refractivity contribution in [3.63, 3.8) is 0 Å². The second-order valence-electron chi connectivity index (χ2n) is 4.90. The van der Waals surface area contributed by atoms with E-state index in [2.05, 4.69) is 34.4 Å². The molecule has 1 saturated heterocycles. The summed E-state index contributed by atoms with van der Waals surface area (Å²) in [5.41, 5.74) is 0. The zero-order valence-electron chi connectivity index (χ0n) is 12.2. The van der Waals surface area contributed by atoms with E-state index in [1.807, 2.05) is 0 Å². The van der Waals surface area contributed by atoms with Crippen molar-refractivity contribution < 1.29 is 0 Å². The largest absolute Gasteiger partial charge is 0.357 e. The Kier molecular flexibility index (Phi) is 8.65. The van der Waals surface area contributed by atoms with E-state index in [0.29, 0.717) is 0 Å². The molecule has 1 aliphatic rings. The molecular weight excluding hydrogens is 224 g/mol. The monoisotopic (exact) mass is 254 g/mol. The fourth-order valence-corrected chi connectivity index (χ4v) is 2.35. The van der Waals surface area contributed by atoms with Crippen molar-refractivity contribution in [1.82, 2.24) is 15.5 Å². The molecule has 0 amide bonds. The number of hydrogen-bond donors (Lipinski definition) is 2. The molecule has 0 aliphatic carbocycles. The zero-order valence-corrected chi connectivity index (χ0v) is 12.2. The summed E-state index contributed by atoms with van der Waals surface area (Å²) in [6, 6.07) is 0. The molecule has 1 rings (SSSR count). The topological polar surface area (TPSA) is 39.7 Å². The number of guanidine groups is 1. The minimum atomic E-state index is 0.922. The third-order valence-corrected chi connectivity index (χ3v) is 3.29. The molecular formula is C14H30N4. The lowest BCUT2D eigenvalue weighted by molar-refractivity contribution is 0.283. The van der Waals surface area contributed by atoms with E-state index in [1.165, 1.54) is 51.7 Å². The van der Waals surface area contributed by atoms with Gasteiger partial charge in [-0.05, 0) is 52.7 Å². The first kappa shape index (κ1) is 15.3. The predicted octanol–water partition coefficient (Wildman–Crippen LogP) is 1.83. The molecule has 0 aromatic rings. The highest BCUT2D eigenvalue weighted by molar-refractivity contribution is 5.79. The van der Waals surface area contributed by atoms with Crippen LogP contribution in [0.2, 0.25) is 0 Å². The van der Waals surface area contributed by atoms with Gasteiger partial charge in [-0.2, -0.15) is 0 Å². The van der Waals surface area contributed by atoms with Gasteiger partial charge in [-0.3, -0.25) is 4.99 Å². The van der Waals surface area contributed by atoms with Gasteiger partial charge in [0.15, 0.2) is 5.96 Å². The van der Waals surface area contributed by atoms with Crippen LogP contribution in [0.1, 0.15) is 46.0 Å². The summed E-state index contributed by atoms with van der Waals surface area (Å²) >= 11 is 0. The van der Waals surface area contributed by atoms with Crippen molar-refractivity contribution in [2.24, 2.45) is 4.99 Å². The molecule has 1 heterocycles. The van der Waals surface area contributed by atoms with Crippen molar-refractivity contribution in [1.29, 1.82) is 0 Å². The van der Waals surface area contributed by atoms with Crippen molar-refractivity contribution in [2.45, 2.75) is 46.0 Å². The second kappa shape index (κ2) is 10.2. The first-order valence-corrected chi connectivity index (χ1v) is 7.61. The Morgan fingerprint density at radius 1 is 1.00 bits per heavy atom. The number of aliphatic imine (C=N–C) groups is 1. The summed E-state index contributed by atoms with van der Waals surface area (Å²) in [7, 11) is 0. The van der Waals surface area contributed by atoms with Crippen molar-refractivity contribution in [3.05, 3.63) is 0 Å². The first-order valence-electron chi connectivity index (χ1n) is 7.61. The number of likely N-dealkylation sites (tertiary alicyclic amines) is 1. The lowest BCUT2D eigenvalue weighted by Gasteiger charge is -2.19. The van der Waals surface area contributed by atoms with Crippen LogP contribution in [0, 0.1) is 0 Å². The number of nitrogens with zero attached hydrogens (tertiary/aromatic N) is 2. The van der Waals surface area contributed by atoms with Gasteiger partial charge >= 0.3 is 0 Å². The van der Waals surface area contributed by atoms with Crippen LogP contribution >= 0.6 is 0 Å². The average Bonchev–Trinajstić information content (AvgIpc) is 2.63. The van der Waals surface area contributed by atoms with E-state index >= 15 is 0 Å². The van der Waals surface area contributed by atoms with Crippen molar-refractivity contribution in [3.8, 4) is 0 Å². The van der Waals surface area contributed by atoms with E-state index in [-0.39, 0.29) is 0 Å². The smallest absolute Gasteiger partial charge is 0.191 e. The van der Waals surface area contributed by atoms with Crippen LogP contribution in [0.25, 0.3) is 0 Å². The standard InChI is InChI=1S/C14H30N4/c1-3-15-14(16-4-2)17-10-9-13-18-11-7-5-6-8-12-18/h3-13H2,1-2H3,(H2,15,16,17). The molecule has 0 unspecified atom stereocenters. The quantitative estimate of drug-likeness (QED) is 0.431. The van der Waals surface area contributed by atoms with Crippen LogP contribution in [0.15, 0.2) is 4.99 Å². The maximum atomic E-state index is 4.58. The third-order valence-electron chi connectivity index (χ3n) is 3.29. The Morgan fingerprint density at radius 2 is 1.61 bits per heavy atom. The van der Waals surface area contributed by atoms with Crippen LogP contribution in [0.4, 0.5) is 0 Å². The van der Waals surface area contributed by atoms with Crippen LogP contribution in [-0.4, -0.2) is 50.1 Å². The van der Waals surface area contributed by atoms with Gasteiger partial charge in [0.05, 0.1) is 0 Å². The van der Waals surface area contributed by atoms with Gasteiger partial charge in [0, 0.05) is 19.6 Å². The highest BCUT2D eigenvalue weighted by atomic mass is 15.2. The molecule has 0 spiro atoms. The molecule has 18 heavy (non-hydrogen) atoms. The van der Waals surface area contributed by atoms with Gasteiger partial charge in [-0.15, -0.1) is 0 Å². The van der Waals surface area contributed by atoms with Gasteiger partial charge < -0.3 is 15.5 Å². The summed E-state index contributed by atoms with van der Waals surface area (Å²) < 4.78 is 0. The van der Waals surface area contributed by atoms with Crippen molar-refractivity contribution in [2.75, 3.05) is 39.3 Å². The minimum absolute atomic E-state index is 0.922. The van der Waals surface area contributed by atoms with Gasteiger partial charge in [0.2, 0.25) is 0 Å². The molecule has 1 fully saturated rings. The molecule has 0 aromatic heterocycles. The minimum Gasteiger partial charge on any atom is -0.357 e. The van der Waals surface area contributed by atoms with Crippen LogP contribution in [-0.2, 0) is 0 Å². The van der Waals surface area contributed by atoms with Crippen molar-refractivity contribution >= 4 is 5.96 Å². The summed E-state index contributed by atoms with van der Waals surface area (Å²) in [6.07, 6.45) is 6.76. The molecule has 1 aliphatic heterocycles. The Labute approximate surface area is 112 Å². The third kappa shape index (κ3) is 6.84. The van der Waals surface area contributed by atoms with E-state index < -0.39 is 0 Å². The average molecular weight is 254 g/mol. The lowest BCUT2D eigenvalue weighted by atomic mass is 10.2. The van der Waals surface area contributed by atoms with Gasteiger partial charge in [-0.25, -0.2) is 0 Å².